The molecule has 0 radical (unpaired) electrons. The molecule has 74 valence electrons. The van der Waals surface area contributed by atoms with Crippen LogP contribution in [0.4, 0.5) is 4.39 Å². The topological polar surface area (TPSA) is 29.9 Å². The van der Waals surface area contributed by atoms with Crippen molar-refractivity contribution in [1.29, 1.82) is 0 Å². The number of benzene rings is 1. The van der Waals surface area contributed by atoms with Gasteiger partial charge < -0.3 is 5.32 Å². The molecule has 0 unspecified atom stereocenters. The molecule has 14 heavy (non-hydrogen) atoms. The van der Waals surface area contributed by atoms with Gasteiger partial charge in [0, 0.05) is 25.0 Å². The molecule has 0 atom stereocenters. The number of rotatable bonds is 2. The maximum Gasteiger partial charge on any atom is 0.125 e. The molecule has 1 N–H and O–H groups in total. The van der Waals surface area contributed by atoms with Gasteiger partial charge in [0.05, 0.1) is 11.2 Å². The van der Waals surface area contributed by atoms with E-state index in [1.54, 1.807) is 10.7 Å². The maximum atomic E-state index is 12.9. The second kappa shape index (κ2) is 3.38. The first-order valence-corrected chi connectivity index (χ1v) is 4.48. The van der Waals surface area contributed by atoms with Crippen LogP contribution in [0.5, 0.6) is 0 Å². The summed E-state index contributed by atoms with van der Waals surface area (Å²) in [6.07, 6.45) is 0. The first-order valence-electron chi connectivity index (χ1n) is 4.48. The van der Waals surface area contributed by atoms with Crippen molar-refractivity contribution in [2.45, 2.75) is 6.54 Å². The van der Waals surface area contributed by atoms with Gasteiger partial charge in [-0.15, -0.1) is 0 Å². The zero-order valence-electron chi connectivity index (χ0n) is 8.21. The van der Waals surface area contributed by atoms with Crippen molar-refractivity contribution in [1.82, 2.24) is 15.1 Å². The van der Waals surface area contributed by atoms with Gasteiger partial charge in [0.1, 0.15) is 5.82 Å². The van der Waals surface area contributed by atoms with Crippen molar-refractivity contribution in [3.05, 3.63) is 29.7 Å². The summed E-state index contributed by atoms with van der Waals surface area (Å²) in [7, 11) is 3.74. The summed E-state index contributed by atoms with van der Waals surface area (Å²) in [5.74, 6) is -0.244. The Kier molecular flexibility index (Phi) is 2.21. The zero-order valence-corrected chi connectivity index (χ0v) is 8.21. The van der Waals surface area contributed by atoms with Crippen LogP contribution in [-0.4, -0.2) is 16.8 Å². The lowest BCUT2D eigenvalue weighted by Crippen LogP contribution is -2.09. The van der Waals surface area contributed by atoms with Crippen LogP contribution in [0.3, 0.4) is 0 Å². The standard InChI is InChI=1S/C10H12FN3/c1-12-6-10-8-4-3-7(11)5-9(8)13-14(10)2/h3-5,12H,6H2,1-2H3. The second-order valence-electron chi connectivity index (χ2n) is 3.26. The average Bonchev–Trinajstić information content (AvgIpc) is 2.43. The molecule has 0 aliphatic rings. The van der Waals surface area contributed by atoms with Crippen molar-refractivity contribution in [3.8, 4) is 0 Å². The van der Waals surface area contributed by atoms with Crippen LogP contribution in [0.1, 0.15) is 5.69 Å². The highest BCUT2D eigenvalue weighted by atomic mass is 19.1. The van der Waals surface area contributed by atoms with E-state index in [1.165, 1.54) is 12.1 Å². The predicted molar refractivity (Wildman–Crippen MR) is 53.4 cm³/mol. The number of aromatic nitrogens is 2. The molecule has 1 heterocycles. The van der Waals surface area contributed by atoms with Crippen LogP contribution in [-0.2, 0) is 13.6 Å². The van der Waals surface area contributed by atoms with Crippen LogP contribution >= 0.6 is 0 Å². The molecule has 4 heteroatoms. The number of halogens is 1. The Morgan fingerprint density at radius 2 is 2.29 bits per heavy atom. The zero-order chi connectivity index (χ0) is 10.1. The summed E-state index contributed by atoms with van der Waals surface area (Å²) in [5.41, 5.74) is 1.78. The van der Waals surface area contributed by atoms with Crippen molar-refractivity contribution in [3.63, 3.8) is 0 Å². The molecule has 0 saturated heterocycles. The summed E-state index contributed by atoms with van der Waals surface area (Å²) >= 11 is 0. The quantitative estimate of drug-likeness (QED) is 0.782. The van der Waals surface area contributed by atoms with Crippen LogP contribution in [0.2, 0.25) is 0 Å². The van der Waals surface area contributed by atoms with E-state index >= 15 is 0 Å². The minimum atomic E-state index is -0.244. The van der Waals surface area contributed by atoms with E-state index in [1.807, 2.05) is 14.1 Å². The normalized spacial score (nSPS) is 11.1. The van der Waals surface area contributed by atoms with Crippen molar-refractivity contribution in [2.24, 2.45) is 7.05 Å². The molecule has 3 nitrogen and oxygen atoms in total. The lowest BCUT2D eigenvalue weighted by Gasteiger charge is -2.00. The minimum absolute atomic E-state index is 0.244. The third-order valence-corrected chi connectivity index (χ3v) is 2.26. The fourth-order valence-corrected chi connectivity index (χ4v) is 1.60. The summed E-state index contributed by atoms with van der Waals surface area (Å²) in [6.45, 7) is 0.735. The van der Waals surface area contributed by atoms with Crippen LogP contribution in [0.15, 0.2) is 18.2 Å². The number of nitrogens with zero attached hydrogens (tertiary/aromatic N) is 2. The van der Waals surface area contributed by atoms with Crippen LogP contribution in [0.25, 0.3) is 10.9 Å². The van der Waals surface area contributed by atoms with Gasteiger partial charge in [-0.05, 0) is 19.2 Å². The summed E-state index contributed by atoms with van der Waals surface area (Å²) < 4.78 is 14.7. The van der Waals surface area contributed by atoms with Gasteiger partial charge >= 0.3 is 0 Å². The van der Waals surface area contributed by atoms with Crippen LogP contribution < -0.4 is 5.32 Å². The Morgan fingerprint density at radius 1 is 1.50 bits per heavy atom. The van der Waals surface area contributed by atoms with Gasteiger partial charge in [0.15, 0.2) is 0 Å². The molecule has 0 aliphatic heterocycles. The molecule has 1 aromatic heterocycles. The van der Waals surface area contributed by atoms with Crippen LogP contribution in [0, 0.1) is 5.82 Å². The molecule has 1 aromatic carbocycles. The largest absolute Gasteiger partial charge is 0.314 e. The molecular weight excluding hydrogens is 181 g/mol. The first kappa shape index (κ1) is 9.15. The molecule has 0 amide bonds. The van der Waals surface area contributed by atoms with Crippen molar-refractivity contribution in [2.75, 3.05) is 7.05 Å². The molecule has 0 bridgehead atoms. The molecular formula is C10H12FN3. The smallest absolute Gasteiger partial charge is 0.125 e. The molecule has 0 spiro atoms. The van der Waals surface area contributed by atoms with E-state index in [0.717, 1.165) is 17.6 Å². The average molecular weight is 193 g/mol. The molecule has 2 rings (SSSR count). The summed E-state index contributed by atoms with van der Waals surface area (Å²) in [5, 5.41) is 8.30. The highest BCUT2D eigenvalue weighted by Gasteiger charge is 2.07. The lowest BCUT2D eigenvalue weighted by atomic mass is 10.2. The Labute approximate surface area is 81.5 Å². The van der Waals surface area contributed by atoms with Gasteiger partial charge in [-0.1, -0.05) is 0 Å². The minimum Gasteiger partial charge on any atom is -0.314 e. The Hall–Kier alpha value is -1.42. The van der Waals surface area contributed by atoms with E-state index in [0.29, 0.717) is 5.52 Å². The maximum absolute atomic E-state index is 12.9. The van der Waals surface area contributed by atoms with Crippen molar-refractivity contribution < 1.29 is 4.39 Å². The molecule has 2 aromatic rings. The highest BCUT2D eigenvalue weighted by Crippen LogP contribution is 2.18. The Bertz CT molecular complexity index is 462. The number of hydrogen-bond acceptors (Lipinski definition) is 2. The predicted octanol–water partition coefficient (Wildman–Crippen LogP) is 1.43. The Balaban J connectivity index is 2.64. The highest BCUT2D eigenvalue weighted by molar-refractivity contribution is 5.81. The monoisotopic (exact) mass is 193 g/mol. The first-order chi connectivity index (χ1) is 6.72. The molecule has 0 aliphatic carbocycles. The third kappa shape index (κ3) is 1.37. The SMILES string of the molecule is CNCc1c2ccc(F)cc2nn1C. The van der Waals surface area contributed by atoms with E-state index in [2.05, 4.69) is 10.4 Å². The molecule has 0 fully saturated rings. The van der Waals surface area contributed by atoms with E-state index < -0.39 is 0 Å². The lowest BCUT2D eigenvalue weighted by molar-refractivity contribution is 0.629. The van der Waals surface area contributed by atoms with E-state index in [4.69, 9.17) is 0 Å². The second-order valence-corrected chi connectivity index (χ2v) is 3.26. The van der Waals surface area contributed by atoms with Gasteiger partial charge in [-0.25, -0.2) is 4.39 Å². The van der Waals surface area contributed by atoms with E-state index in [9.17, 15) is 4.39 Å². The number of fused-ring (bicyclic) bond motifs is 1. The fraction of sp³-hybridized carbons (Fsp3) is 0.300. The van der Waals surface area contributed by atoms with Gasteiger partial charge in [0.2, 0.25) is 0 Å². The molecule has 0 saturated carbocycles. The van der Waals surface area contributed by atoms with E-state index in [-0.39, 0.29) is 5.82 Å². The number of nitrogens with one attached hydrogen (secondary N) is 1. The van der Waals surface area contributed by atoms with Gasteiger partial charge in [0.25, 0.3) is 0 Å². The van der Waals surface area contributed by atoms with Crippen molar-refractivity contribution >= 4 is 10.9 Å². The summed E-state index contributed by atoms with van der Waals surface area (Å²) in [6, 6.07) is 4.68. The third-order valence-electron chi connectivity index (χ3n) is 2.26. The number of aryl methyl sites for hydroxylation is 1. The number of hydrogen-bond donors (Lipinski definition) is 1. The van der Waals surface area contributed by atoms with Gasteiger partial charge in [-0.2, -0.15) is 5.10 Å². The summed E-state index contributed by atoms with van der Waals surface area (Å²) in [4.78, 5) is 0. The Morgan fingerprint density at radius 3 is 3.00 bits per heavy atom. The fourth-order valence-electron chi connectivity index (χ4n) is 1.60. The van der Waals surface area contributed by atoms with Gasteiger partial charge in [-0.3, -0.25) is 4.68 Å².